The molecule has 8 aromatic carbocycles. The Morgan fingerprint density at radius 2 is 1.09 bits per heavy atom. The fourth-order valence-corrected chi connectivity index (χ4v) is 8.67. The van der Waals surface area contributed by atoms with E-state index in [2.05, 4.69) is 164 Å². The highest BCUT2D eigenvalue weighted by Gasteiger charge is 2.35. The third kappa shape index (κ3) is 5.10. The van der Waals surface area contributed by atoms with E-state index in [0.717, 1.165) is 66.8 Å². The van der Waals surface area contributed by atoms with Crippen molar-refractivity contribution < 1.29 is 8.83 Å². The Morgan fingerprint density at radius 1 is 0.429 bits per heavy atom. The molecule has 1 aliphatic carbocycles. The molecule has 2 aromatic heterocycles. The van der Waals surface area contributed by atoms with Crippen molar-refractivity contribution in [3.63, 3.8) is 0 Å². The molecule has 1 aliphatic rings. The van der Waals surface area contributed by atoms with Crippen molar-refractivity contribution in [2.45, 2.75) is 19.3 Å². The second-order valence-corrected chi connectivity index (χ2v) is 15.2. The van der Waals surface area contributed by atoms with E-state index >= 15 is 0 Å². The van der Waals surface area contributed by atoms with Crippen LogP contribution in [0.2, 0.25) is 0 Å². The molecule has 0 fully saturated rings. The third-order valence-corrected chi connectivity index (χ3v) is 11.5. The maximum atomic E-state index is 6.63. The summed E-state index contributed by atoms with van der Waals surface area (Å²) in [6.45, 7) is 4.68. The Labute approximate surface area is 324 Å². The summed E-state index contributed by atoms with van der Waals surface area (Å²) in [5.74, 6) is 0.605. The summed E-state index contributed by atoms with van der Waals surface area (Å²) < 4.78 is 12.9. The minimum absolute atomic E-state index is 0.114. The van der Waals surface area contributed by atoms with E-state index in [4.69, 9.17) is 13.8 Å². The number of aromatic nitrogens is 1. The van der Waals surface area contributed by atoms with Crippen LogP contribution in [0, 0.1) is 0 Å². The van der Waals surface area contributed by atoms with Crippen LogP contribution in [0.25, 0.3) is 77.9 Å². The number of hydrogen-bond acceptors (Lipinski definition) is 4. The first-order chi connectivity index (χ1) is 27.5. The number of hydrogen-bond donors (Lipinski definition) is 0. The number of anilines is 3. The monoisotopic (exact) mass is 720 g/mol. The summed E-state index contributed by atoms with van der Waals surface area (Å²) in [5.41, 5.74) is 17.1. The largest absolute Gasteiger partial charge is 0.455 e. The van der Waals surface area contributed by atoms with Crippen LogP contribution >= 0.6 is 0 Å². The van der Waals surface area contributed by atoms with E-state index in [1.54, 1.807) is 0 Å². The fourth-order valence-electron chi connectivity index (χ4n) is 8.67. The number of benzene rings is 8. The van der Waals surface area contributed by atoms with Gasteiger partial charge in [0, 0.05) is 50.4 Å². The summed E-state index contributed by atoms with van der Waals surface area (Å²) in [4.78, 5) is 7.17. The van der Waals surface area contributed by atoms with Crippen molar-refractivity contribution in [1.82, 2.24) is 4.98 Å². The number of furan rings is 1. The Kier molecular flexibility index (Phi) is 7.17. The van der Waals surface area contributed by atoms with Crippen molar-refractivity contribution in [3.8, 4) is 44.8 Å². The molecule has 0 amide bonds. The second kappa shape index (κ2) is 12.4. The van der Waals surface area contributed by atoms with Crippen LogP contribution in [0.15, 0.2) is 191 Å². The van der Waals surface area contributed by atoms with Crippen molar-refractivity contribution in [1.29, 1.82) is 0 Å². The van der Waals surface area contributed by atoms with Crippen LogP contribution in [-0.2, 0) is 5.41 Å². The maximum Gasteiger partial charge on any atom is 0.227 e. The Hall–Kier alpha value is -7.17. The smallest absolute Gasteiger partial charge is 0.227 e. The molecule has 0 aliphatic heterocycles. The standard InChI is InChI=1S/C52H36N2O2/c1-52(2)45-22-10-9-19-41(45)42-28-27-39(30-46(42)52)54(38-18-11-17-36(29-38)33-13-5-3-6-14-33)37-25-23-34(24-26-37)40-20-12-21-43-44-31-49-47(32-48(44)55-50(40)43)53-51(56-49)35-15-7-4-8-16-35/h3-32H,1-2H3. The minimum atomic E-state index is -0.114. The molecule has 0 unspecified atom stereocenters. The topological polar surface area (TPSA) is 42.4 Å². The number of oxazole rings is 1. The van der Waals surface area contributed by atoms with Gasteiger partial charge in [-0.2, -0.15) is 0 Å². The van der Waals surface area contributed by atoms with Crippen LogP contribution in [0.5, 0.6) is 0 Å². The van der Waals surface area contributed by atoms with Crippen LogP contribution in [0.3, 0.4) is 0 Å². The number of rotatable bonds is 6. The Bertz CT molecular complexity index is 3100. The highest BCUT2D eigenvalue weighted by Crippen LogP contribution is 2.51. The minimum Gasteiger partial charge on any atom is -0.455 e. The van der Waals surface area contributed by atoms with Crippen LogP contribution in [0.1, 0.15) is 25.0 Å². The van der Waals surface area contributed by atoms with Crippen molar-refractivity contribution in [2.24, 2.45) is 0 Å². The van der Waals surface area contributed by atoms with Gasteiger partial charge < -0.3 is 13.7 Å². The van der Waals surface area contributed by atoms with Crippen LogP contribution in [0.4, 0.5) is 17.1 Å². The lowest BCUT2D eigenvalue weighted by molar-refractivity contribution is 0.620. The molecule has 0 atom stereocenters. The molecule has 4 heteroatoms. The lowest BCUT2D eigenvalue weighted by Gasteiger charge is -2.28. The molecule has 2 heterocycles. The predicted octanol–water partition coefficient (Wildman–Crippen LogP) is 14.5. The zero-order chi connectivity index (χ0) is 37.4. The first kappa shape index (κ1) is 32.3. The Morgan fingerprint density at radius 3 is 1.91 bits per heavy atom. The normalized spacial score (nSPS) is 13.0. The molecule has 11 rings (SSSR count). The highest BCUT2D eigenvalue weighted by molar-refractivity contribution is 6.12. The van der Waals surface area contributed by atoms with Gasteiger partial charge in [0.1, 0.15) is 16.7 Å². The van der Waals surface area contributed by atoms with Gasteiger partial charge in [-0.25, -0.2) is 4.98 Å². The summed E-state index contributed by atoms with van der Waals surface area (Å²) in [5, 5.41) is 2.05. The van der Waals surface area contributed by atoms with Crippen molar-refractivity contribution >= 4 is 50.1 Å². The van der Waals surface area contributed by atoms with Gasteiger partial charge in [-0.15, -0.1) is 0 Å². The summed E-state index contributed by atoms with van der Waals surface area (Å²) >= 11 is 0. The van der Waals surface area contributed by atoms with Gasteiger partial charge in [0.25, 0.3) is 0 Å². The predicted molar refractivity (Wildman–Crippen MR) is 230 cm³/mol. The van der Waals surface area contributed by atoms with E-state index in [1.807, 2.05) is 36.4 Å². The zero-order valence-electron chi connectivity index (χ0n) is 31.0. The van der Waals surface area contributed by atoms with E-state index in [-0.39, 0.29) is 5.41 Å². The molecule has 4 nitrogen and oxygen atoms in total. The molecule has 0 bridgehead atoms. The van der Waals surface area contributed by atoms with E-state index in [1.165, 1.54) is 33.4 Å². The average Bonchev–Trinajstić information content (AvgIpc) is 3.91. The molecule has 56 heavy (non-hydrogen) atoms. The van der Waals surface area contributed by atoms with Crippen LogP contribution in [-0.4, -0.2) is 4.98 Å². The van der Waals surface area contributed by atoms with Gasteiger partial charge >= 0.3 is 0 Å². The Balaban J connectivity index is 1.01. The van der Waals surface area contributed by atoms with Crippen molar-refractivity contribution in [2.75, 3.05) is 4.90 Å². The number of para-hydroxylation sites is 1. The number of nitrogens with zero attached hydrogens (tertiary/aromatic N) is 2. The molecular formula is C52H36N2O2. The lowest BCUT2D eigenvalue weighted by Crippen LogP contribution is -2.16. The quantitative estimate of drug-likeness (QED) is 0.171. The molecule has 0 saturated carbocycles. The number of fused-ring (bicyclic) bond motifs is 7. The van der Waals surface area contributed by atoms with E-state index < -0.39 is 0 Å². The molecule has 0 spiro atoms. The zero-order valence-corrected chi connectivity index (χ0v) is 31.0. The summed E-state index contributed by atoms with van der Waals surface area (Å²) in [7, 11) is 0. The van der Waals surface area contributed by atoms with Gasteiger partial charge in [-0.1, -0.05) is 135 Å². The lowest BCUT2D eigenvalue weighted by atomic mass is 9.82. The summed E-state index contributed by atoms with van der Waals surface area (Å²) in [6, 6.07) is 64.5. The van der Waals surface area contributed by atoms with Gasteiger partial charge in [-0.05, 0) is 93.5 Å². The van der Waals surface area contributed by atoms with Gasteiger partial charge in [0.2, 0.25) is 5.89 Å². The van der Waals surface area contributed by atoms with E-state index in [0.29, 0.717) is 5.89 Å². The summed E-state index contributed by atoms with van der Waals surface area (Å²) in [6.07, 6.45) is 0. The van der Waals surface area contributed by atoms with Gasteiger partial charge in [-0.3, -0.25) is 0 Å². The van der Waals surface area contributed by atoms with Crippen molar-refractivity contribution in [3.05, 3.63) is 193 Å². The molecule has 0 radical (unpaired) electrons. The third-order valence-electron chi connectivity index (χ3n) is 11.5. The maximum absolute atomic E-state index is 6.63. The molecule has 0 N–H and O–H groups in total. The highest BCUT2D eigenvalue weighted by atomic mass is 16.4. The second-order valence-electron chi connectivity index (χ2n) is 15.2. The van der Waals surface area contributed by atoms with Gasteiger partial charge in [0.05, 0.1) is 0 Å². The average molecular weight is 721 g/mol. The first-order valence-electron chi connectivity index (χ1n) is 19.1. The first-order valence-corrected chi connectivity index (χ1v) is 19.1. The molecular weight excluding hydrogens is 685 g/mol. The molecule has 0 saturated heterocycles. The SMILES string of the molecule is CC1(C)c2ccccc2-c2ccc(N(c3ccc(-c4cccc5c4oc4cc6nc(-c7ccccc7)oc6cc45)cc3)c3cccc(-c4ccccc4)c3)cc21. The molecule has 10 aromatic rings. The fraction of sp³-hybridized carbons (Fsp3) is 0.0577. The van der Waals surface area contributed by atoms with E-state index in [9.17, 15) is 0 Å². The molecule has 266 valence electrons. The van der Waals surface area contributed by atoms with Crippen LogP contribution < -0.4 is 4.90 Å². The van der Waals surface area contributed by atoms with Gasteiger partial charge in [0.15, 0.2) is 5.58 Å².